The topological polar surface area (TPSA) is 75.8 Å². The first-order valence-electron chi connectivity index (χ1n) is 12.6. The molecule has 0 spiro atoms. The second kappa shape index (κ2) is 12.4. The minimum Gasteiger partial charge on any atom is -0.506 e. The van der Waals surface area contributed by atoms with Crippen molar-refractivity contribution in [1.82, 2.24) is 9.99 Å². The molecule has 0 saturated carbocycles. The van der Waals surface area contributed by atoms with Gasteiger partial charge >= 0.3 is 0 Å². The predicted octanol–water partition coefficient (Wildman–Crippen LogP) is 8.20. The van der Waals surface area contributed by atoms with Crippen LogP contribution in [0.4, 0.5) is 0 Å². The summed E-state index contributed by atoms with van der Waals surface area (Å²) in [5.41, 5.74) is 8.68. The Hall–Kier alpha value is -4.14. The first-order chi connectivity index (χ1) is 19.5. The fraction of sp³-hybridized carbons (Fsp3) is 0.0625. The van der Waals surface area contributed by atoms with Crippen molar-refractivity contribution in [3.63, 3.8) is 0 Å². The summed E-state index contributed by atoms with van der Waals surface area (Å²) in [7, 11) is 0. The third kappa shape index (κ3) is 5.88. The quantitative estimate of drug-likeness (QED) is 0.130. The van der Waals surface area contributed by atoms with Crippen LogP contribution in [-0.4, -0.2) is 28.4 Å². The second-order valence-electron chi connectivity index (χ2n) is 8.82. The first-order valence-corrected chi connectivity index (χ1v) is 14.2. The van der Waals surface area contributed by atoms with Crippen LogP contribution >= 0.6 is 31.9 Å². The van der Waals surface area contributed by atoms with Crippen LogP contribution in [-0.2, 0) is 0 Å². The van der Waals surface area contributed by atoms with E-state index in [1.54, 1.807) is 6.21 Å². The summed E-state index contributed by atoms with van der Waals surface area (Å²) in [5.74, 6) is 0.419. The van der Waals surface area contributed by atoms with E-state index >= 15 is 0 Å². The molecule has 0 aliphatic heterocycles. The van der Waals surface area contributed by atoms with E-state index < -0.39 is 5.91 Å². The van der Waals surface area contributed by atoms with Gasteiger partial charge in [0.05, 0.1) is 33.2 Å². The molecular weight excluding hydrogens is 634 g/mol. The molecule has 1 aromatic heterocycles. The van der Waals surface area contributed by atoms with Gasteiger partial charge in [-0.25, -0.2) is 5.43 Å². The van der Waals surface area contributed by atoms with Gasteiger partial charge in [0.25, 0.3) is 5.91 Å². The number of benzene rings is 4. The minimum atomic E-state index is -0.409. The molecule has 0 atom stereocenters. The lowest BCUT2D eigenvalue weighted by molar-refractivity contribution is 0.0955. The van der Waals surface area contributed by atoms with E-state index in [1.165, 1.54) is 12.1 Å². The van der Waals surface area contributed by atoms with Crippen LogP contribution in [0, 0.1) is 0 Å². The molecule has 0 bridgehead atoms. The molecule has 8 heteroatoms. The van der Waals surface area contributed by atoms with Gasteiger partial charge in [-0.15, -0.1) is 0 Å². The molecule has 6 nitrogen and oxygen atoms in total. The average molecular weight is 659 g/mol. The molecule has 0 fully saturated rings. The highest BCUT2D eigenvalue weighted by molar-refractivity contribution is 9.11. The summed E-state index contributed by atoms with van der Waals surface area (Å²) in [6.07, 6.45) is 1.65. The Balaban J connectivity index is 1.60. The number of hydrogen-bond donors (Lipinski definition) is 2. The lowest BCUT2D eigenvalue weighted by Crippen LogP contribution is -2.17. The number of carbonyl (C=O) groups is 1. The third-order valence-corrected chi connectivity index (χ3v) is 7.41. The van der Waals surface area contributed by atoms with E-state index in [0.717, 1.165) is 39.5 Å². The van der Waals surface area contributed by atoms with Gasteiger partial charge in [-0.1, -0.05) is 60.7 Å². The minimum absolute atomic E-state index is 0.0247. The van der Waals surface area contributed by atoms with Crippen molar-refractivity contribution in [3.05, 3.63) is 123 Å². The predicted molar refractivity (Wildman–Crippen MR) is 166 cm³/mol. The van der Waals surface area contributed by atoms with Gasteiger partial charge in [0, 0.05) is 16.8 Å². The maximum Gasteiger partial charge on any atom is 0.271 e. The summed E-state index contributed by atoms with van der Waals surface area (Å²) >= 11 is 6.53. The number of aromatic nitrogens is 1. The van der Waals surface area contributed by atoms with Crippen molar-refractivity contribution in [3.8, 4) is 39.7 Å². The van der Waals surface area contributed by atoms with Gasteiger partial charge in [-0.2, -0.15) is 5.10 Å². The van der Waals surface area contributed by atoms with Crippen LogP contribution < -0.4 is 10.2 Å². The smallest absolute Gasteiger partial charge is 0.271 e. The zero-order chi connectivity index (χ0) is 28.1. The van der Waals surface area contributed by atoms with Gasteiger partial charge in [0.15, 0.2) is 0 Å². The molecular formula is C32H25Br2N3O3. The third-order valence-electron chi connectivity index (χ3n) is 6.20. The number of carbonyl (C=O) groups excluding carboxylic acids is 1. The Bertz CT molecular complexity index is 1640. The lowest BCUT2D eigenvalue weighted by Gasteiger charge is -2.15. The Morgan fingerprint density at radius 1 is 0.900 bits per heavy atom. The molecule has 0 aliphatic rings. The van der Waals surface area contributed by atoms with E-state index in [-0.39, 0.29) is 5.75 Å². The molecule has 0 saturated heterocycles. The van der Waals surface area contributed by atoms with Gasteiger partial charge in [-0.05, 0) is 92.4 Å². The van der Waals surface area contributed by atoms with E-state index in [1.807, 2.05) is 67.6 Å². The van der Waals surface area contributed by atoms with Crippen LogP contribution in [0.3, 0.4) is 0 Å². The molecule has 5 rings (SSSR count). The number of nitrogens with one attached hydrogen (secondary N) is 1. The average Bonchev–Trinajstić information content (AvgIpc) is 3.36. The van der Waals surface area contributed by atoms with Crippen LogP contribution in [0.15, 0.2) is 117 Å². The zero-order valence-corrected chi connectivity index (χ0v) is 24.7. The highest BCUT2D eigenvalue weighted by atomic mass is 79.9. The van der Waals surface area contributed by atoms with Crippen molar-refractivity contribution in [2.45, 2.75) is 6.92 Å². The number of hydrogen-bond acceptors (Lipinski definition) is 4. The van der Waals surface area contributed by atoms with E-state index in [9.17, 15) is 9.90 Å². The normalized spacial score (nSPS) is 11.1. The Kier molecular flexibility index (Phi) is 8.48. The molecule has 5 aromatic rings. The molecule has 1 heterocycles. The number of phenols is 1. The van der Waals surface area contributed by atoms with Crippen LogP contribution in [0.2, 0.25) is 0 Å². The molecule has 200 valence electrons. The van der Waals surface area contributed by atoms with Crippen molar-refractivity contribution < 1.29 is 14.6 Å². The van der Waals surface area contributed by atoms with Gasteiger partial charge in [0.1, 0.15) is 11.5 Å². The summed E-state index contributed by atoms with van der Waals surface area (Å²) in [5, 5.41) is 14.3. The first kappa shape index (κ1) is 27.4. The highest BCUT2D eigenvalue weighted by Crippen LogP contribution is 2.36. The van der Waals surface area contributed by atoms with Crippen molar-refractivity contribution in [2.75, 3.05) is 6.61 Å². The van der Waals surface area contributed by atoms with Crippen LogP contribution in [0.5, 0.6) is 11.5 Å². The molecule has 2 N–H and O–H groups in total. The summed E-state index contributed by atoms with van der Waals surface area (Å²) in [6.45, 7) is 2.56. The number of ether oxygens (including phenoxy) is 1. The van der Waals surface area contributed by atoms with Gasteiger partial charge in [-0.3, -0.25) is 4.79 Å². The van der Waals surface area contributed by atoms with Crippen LogP contribution in [0.1, 0.15) is 22.8 Å². The summed E-state index contributed by atoms with van der Waals surface area (Å²) < 4.78 is 8.68. The fourth-order valence-corrected chi connectivity index (χ4v) is 5.58. The monoisotopic (exact) mass is 657 g/mol. The Labute approximate surface area is 249 Å². The van der Waals surface area contributed by atoms with E-state index in [4.69, 9.17) is 4.74 Å². The number of amides is 1. The van der Waals surface area contributed by atoms with Crippen LogP contribution in [0.25, 0.3) is 28.2 Å². The molecule has 4 aromatic carbocycles. The van der Waals surface area contributed by atoms with E-state index in [0.29, 0.717) is 21.1 Å². The molecule has 40 heavy (non-hydrogen) atoms. The number of aromatic hydroxyl groups is 1. The van der Waals surface area contributed by atoms with Crippen molar-refractivity contribution in [1.29, 1.82) is 0 Å². The van der Waals surface area contributed by atoms with Gasteiger partial charge < -0.3 is 14.4 Å². The Morgan fingerprint density at radius 2 is 1.50 bits per heavy atom. The number of phenolic OH excluding ortho intramolecular Hbond substituents is 1. The molecule has 1 amide bonds. The lowest BCUT2D eigenvalue weighted by atomic mass is 10.1. The summed E-state index contributed by atoms with van der Waals surface area (Å²) in [4.78, 5) is 12.8. The highest BCUT2D eigenvalue weighted by Gasteiger charge is 2.19. The van der Waals surface area contributed by atoms with E-state index in [2.05, 4.69) is 77.3 Å². The standard InChI is InChI=1S/C32H25Br2N3O3/c1-2-40-26-15-13-25(14-16-26)37-29(21-9-5-3-6-10-21)19-24(30(37)22-11-7-4-8-12-22)20-35-36-32(39)23-17-27(33)31(38)28(34)18-23/h3-20,38H,2H2,1H3,(H,36,39)/b35-20-. The van der Waals surface area contributed by atoms with Crippen molar-refractivity contribution in [2.24, 2.45) is 5.10 Å². The molecule has 0 radical (unpaired) electrons. The maximum absolute atomic E-state index is 12.8. The maximum atomic E-state index is 12.8. The SMILES string of the molecule is CCOc1ccc(-n2c(-c3ccccc3)cc(/C=N\NC(=O)c3cc(Br)c(O)c(Br)c3)c2-c2ccccc2)cc1. The number of hydrazone groups is 1. The number of rotatable bonds is 8. The molecule has 0 aliphatic carbocycles. The largest absolute Gasteiger partial charge is 0.506 e. The number of nitrogens with zero attached hydrogens (tertiary/aromatic N) is 2. The Morgan fingerprint density at radius 3 is 2.10 bits per heavy atom. The second-order valence-corrected chi connectivity index (χ2v) is 10.5. The molecule has 0 unspecified atom stereocenters. The summed E-state index contributed by atoms with van der Waals surface area (Å²) in [6, 6.07) is 33.4. The van der Waals surface area contributed by atoms with Gasteiger partial charge in [0.2, 0.25) is 0 Å². The number of halogens is 2. The van der Waals surface area contributed by atoms with Crippen molar-refractivity contribution >= 4 is 44.0 Å². The zero-order valence-electron chi connectivity index (χ0n) is 21.5. The fourth-order valence-electron chi connectivity index (χ4n) is 4.39.